The lowest BCUT2D eigenvalue weighted by Crippen LogP contribution is -2.12. The summed E-state index contributed by atoms with van der Waals surface area (Å²) in [5.41, 5.74) is 1.72. The normalized spacial score (nSPS) is 11.1. The standard InChI is InChI=1S/C28H22ClNO7/c1-33-22-12-17(29)6-7-18(22)28(32)30-10-9-15-11-16(5-8-19(15)30)21-13-20(31)25-23(37-21)14-24(34-2)26(35-3)27(25)36-4/h5-14H,1-4H3. The van der Waals surface area contributed by atoms with E-state index < -0.39 is 0 Å². The van der Waals surface area contributed by atoms with Crippen LogP contribution in [0.2, 0.25) is 5.02 Å². The molecular weight excluding hydrogens is 498 g/mol. The fraction of sp³-hybridized carbons (Fsp3) is 0.143. The number of ether oxygens (including phenoxy) is 4. The zero-order chi connectivity index (χ0) is 26.3. The Hall–Kier alpha value is -4.43. The van der Waals surface area contributed by atoms with E-state index in [9.17, 15) is 9.59 Å². The number of rotatable bonds is 6. The van der Waals surface area contributed by atoms with Gasteiger partial charge in [-0.25, -0.2) is 0 Å². The van der Waals surface area contributed by atoms with E-state index in [2.05, 4.69) is 0 Å². The van der Waals surface area contributed by atoms with Crippen molar-refractivity contribution in [2.75, 3.05) is 28.4 Å². The Morgan fingerprint density at radius 1 is 0.838 bits per heavy atom. The Labute approximate surface area is 216 Å². The summed E-state index contributed by atoms with van der Waals surface area (Å²) in [5.74, 6) is 1.39. The average Bonchev–Trinajstić information content (AvgIpc) is 3.34. The summed E-state index contributed by atoms with van der Waals surface area (Å²) in [4.78, 5) is 26.4. The molecule has 0 atom stereocenters. The minimum absolute atomic E-state index is 0.237. The Kier molecular flexibility index (Phi) is 6.27. The highest BCUT2D eigenvalue weighted by Crippen LogP contribution is 2.43. The van der Waals surface area contributed by atoms with E-state index in [0.29, 0.717) is 50.3 Å². The van der Waals surface area contributed by atoms with Crippen LogP contribution < -0.4 is 24.4 Å². The zero-order valence-corrected chi connectivity index (χ0v) is 21.2. The SMILES string of the molecule is COc1cc(Cl)ccc1C(=O)n1ccc2cc(-c3cc(=O)c4c(OC)c(OC)c(OC)cc4o3)ccc21. The summed E-state index contributed by atoms with van der Waals surface area (Å²) in [6.45, 7) is 0. The maximum absolute atomic E-state index is 13.3. The van der Waals surface area contributed by atoms with Crippen molar-refractivity contribution in [1.29, 1.82) is 0 Å². The number of hydrogen-bond acceptors (Lipinski definition) is 7. The highest BCUT2D eigenvalue weighted by molar-refractivity contribution is 6.30. The van der Waals surface area contributed by atoms with Crippen molar-refractivity contribution in [3.63, 3.8) is 0 Å². The Morgan fingerprint density at radius 3 is 2.30 bits per heavy atom. The van der Waals surface area contributed by atoms with E-state index in [1.807, 2.05) is 12.1 Å². The van der Waals surface area contributed by atoms with Crippen molar-refractivity contribution in [1.82, 2.24) is 4.57 Å². The molecule has 0 unspecified atom stereocenters. The molecule has 0 radical (unpaired) electrons. The van der Waals surface area contributed by atoms with E-state index >= 15 is 0 Å². The number of aromatic nitrogens is 1. The van der Waals surface area contributed by atoms with Crippen molar-refractivity contribution in [2.45, 2.75) is 0 Å². The van der Waals surface area contributed by atoms with Gasteiger partial charge in [0.05, 0.1) is 39.5 Å². The molecule has 0 saturated heterocycles. The molecule has 37 heavy (non-hydrogen) atoms. The van der Waals surface area contributed by atoms with Gasteiger partial charge in [-0.15, -0.1) is 0 Å². The van der Waals surface area contributed by atoms with Crippen LogP contribution in [0, 0.1) is 0 Å². The summed E-state index contributed by atoms with van der Waals surface area (Å²) in [6.07, 6.45) is 1.68. The third kappa shape index (κ3) is 4.05. The third-order valence-corrected chi connectivity index (χ3v) is 6.34. The van der Waals surface area contributed by atoms with Gasteiger partial charge < -0.3 is 23.4 Å². The minimum atomic E-state index is -0.295. The van der Waals surface area contributed by atoms with Gasteiger partial charge in [-0.2, -0.15) is 0 Å². The fourth-order valence-corrected chi connectivity index (χ4v) is 4.54. The second-order valence-corrected chi connectivity index (χ2v) is 8.54. The second-order valence-electron chi connectivity index (χ2n) is 8.10. The topological polar surface area (TPSA) is 89.1 Å². The Morgan fingerprint density at radius 2 is 1.59 bits per heavy atom. The molecule has 5 rings (SSSR count). The predicted molar refractivity (Wildman–Crippen MR) is 141 cm³/mol. The largest absolute Gasteiger partial charge is 0.496 e. The number of benzene rings is 3. The molecule has 2 heterocycles. The molecule has 0 N–H and O–H groups in total. The number of fused-ring (bicyclic) bond motifs is 2. The molecule has 0 amide bonds. The number of carbonyl (C=O) groups is 1. The van der Waals surface area contributed by atoms with E-state index in [1.54, 1.807) is 42.6 Å². The van der Waals surface area contributed by atoms with Gasteiger partial charge in [0.2, 0.25) is 5.75 Å². The first-order valence-electron chi connectivity index (χ1n) is 11.2. The number of carbonyl (C=O) groups excluding carboxylic acids is 1. The van der Waals surface area contributed by atoms with Crippen LogP contribution in [0.25, 0.3) is 33.2 Å². The molecule has 0 bridgehead atoms. The summed E-state index contributed by atoms with van der Waals surface area (Å²) < 4.78 is 29.2. The van der Waals surface area contributed by atoms with Crippen LogP contribution in [0.4, 0.5) is 0 Å². The van der Waals surface area contributed by atoms with Crippen LogP contribution in [0.5, 0.6) is 23.0 Å². The van der Waals surface area contributed by atoms with Crippen molar-refractivity contribution in [3.8, 4) is 34.3 Å². The molecule has 2 aromatic heterocycles. The van der Waals surface area contributed by atoms with E-state index in [1.165, 1.54) is 39.1 Å². The lowest BCUT2D eigenvalue weighted by Gasteiger charge is -2.14. The lowest BCUT2D eigenvalue weighted by atomic mass is 10.1. The number of halogens is 1. The Balaban J connectivity index is 1.60. The van der Waals surface area contributed by atoms with Crippen LogP contribution in [0.1, 0.15) is 10.4 Å². The number of nitrogens with zero attached hydrogens (tertiary/aromatic N) is 1. The van der Waals surface area contributed by atoms with Crippen LogP contribution in [-0.2, 0) is 0 Å². The molecule has 8 nitrogen and oxygen atoms in total. The highest BCUT2D eigenvalue weighted by atomic mass is 35.5. The average molecular weight is 520 g/mol. The summed E-state index contributed by atoms with van der Waals surface area (Å²) in [7, 11) is 5.90. The predicted octanol–water partition coefficient (Wildman–Crippen LogP) is 5.79. The molecule has 3 aromatic carbocycles. The fourth-order valence-electron chi connectivity index (χ4n) is 4.37. The quantitative estimate of drug-likeness (QED) is 0.280. The van der Waals surface area contributed by atoms with Gasteiger partial charge in [0.15, 0.2) is 16.9 Å². The first-order chi connectivity index (χ1) is 17.9. The van der Waals surface area contributed by atoms with Gasteiger partial charge in [0.25, 0.3) is 5.91 Å². The molecule has 188 valence electrons. The van der Waals surface area contributed by atoms with E-state index in [-0.39, 0.29) is 22.5 Å². The maximum Gasteiger partial charge on any atom is 0.266 e. The van der Waals surface area contributed by atoms with Gasteiger partial charge in [-0.1, -0.05) is 11.6 Å². The molecule has 0 spiro atoms. The van der Waals surface area contributed by atoms with Crippen LogP contribution >= 0.6 is 11.6 Å². The van der Waals surface area contributed by atoms with Gasteiger partial charge >= 0.3 is 0 Å². The van der Waals surface area contributed by atoms with Crippen molar-refractivity contribution in [3.05, 3.63) is 81.6 Å². The maximum atomic E-state index is 13.3. The number of methoxy groups -OCH3 is 4. The molecule has 0 aliphatic carbocycles. The first kappa shape index (κ1) is 24.3. The van der Waals surface area contributed by atoms with Crippen LogP contribution in [-0.4, -0.2) is 38.9 Å². The molecule has 9 heteroatoms. The molecule has 0 aliphatic rings. The lowest BCUT2D eigenvalue weighted by molar-refractivity contribution is 0.0962. The van der Waals surface area contributed by atoms with Crippen molar-refractivity contribution < 1.29 is 28.2 Å². The molecule has 0 saturated carbocycles. The van der Waals surface area contributed by atoms with Crippen molar-refractivity contribution in [2.24, 2.45) is 0 Å². The Bertz CT molecular complexity index is 1730. The smallest absolute Gasteiger partial charge is 0.266 e. The van der Waals surface area contributed by atoms with Gasteiger partial charge in [-0.05, 0) is 42.5 Å². The van der Waals surface area contributed by atoms with E-state index in [0.717, 1.165) is 5.39 Å². The molecular formula is C28H22ClNO7. The van der Waals surface area contributed by atoms with Gasteiger partial charge in [-0.3, -0.25) is 14.2 Å². The zero-order valence-electron chi connectivity index (χ0n) is 20.5. The third-order valence-electron chi connectivity index (χ3n) is 6.11. The molecule has 5 aromatic rings. The number of hydrogen-bond donors (Lipinski definition) is 0. The molecule has 0 fully saturated rings. The minimum Gasteiger partial charge on any atom is -0.496 e. The van der Waals surface area contributed by atoms with Gasteiger partial charge in [0.1, 0.15) is 22.5 Å². The molecule has 0 aliphatic heterocycles. The summed E-state index contributed by atoms with van der Waals surface area (Å²) in [6, 6.07) is 15.1. The first-order valence-corrected chi connectivity index (χ1v) is 11.5. The van der Waals surface area contributed by atoms with Crippen LogP contribution in [0.3, 0.4) is 0 Å². The van der Waals surface area contributed by atoms with Gasteiger partial charge in [0, 0.05) is 34.3 Å². The second kappa shape index (κ2) is 9.55. The van der Waals surface area contributed by atoms with Crippen molar-refractivity contribution >= 4 is 39.4 Å². The summed E-state index contributed by atoms with van der Waals surface area (Å²) >= 11 is 6.04. The monoisotopic (exact) mass is 519 g/mol. The van der Waals surface area contributed by atoms with E-state index in [4.69, 9.17) is 35.0 Å². The van der Waals surface area contributed by atoms with Crippen LogP contribution in [0.15, 0.2) is 70.0 Å². The highest BCUT2D eigenvalue weighted by Gasteiger charge is 2.21. The summed E-state index contributed by atoms with van der Waals surface area (Å²) in [5, 5.41) is 1.51.